The van der Waals surface area contributed by atoms with E-state index in [0.717, 1.165) is 16.7 Å². The Balaban J connectivity index is 0.00000108. The molecule has 0 bridgehead atoms. The quantitative estimate of drug-likeness (QED) is 0.178. The predicted molar refractivity (Wildman–Crippen MR) is 166 cm³/mol. The summed E-state index contributed by atoms with van der Waals surface area (Å²) >= 11 is 5.95. The Morgan fingerprint density at radius 2 is 1.46 bits per heavy atom. The summed E-state index contributed by atoms with van der Waals surface area (Å²) < 4.78 is 29.0. The Morgan fingerprint density at radius 3 is 2.07 bits per heavy atom. The fourth-order valence-electron chi connectivity index (χ4n) is 3.72. The Hall–Kier alpha value is -3.98. The smallest absolute Gasteiger partial charge is 0.273 e. The molecule has 0 aromatic heterocycles. The number of amides is 1. The minimum Gasteiger partial charge on any atom is -0.394 e. The van der Waals surface area contributed by atoms with Gasteiger partial charge in [-0.3, -0.25) is 9.10 Å². The number of carbonyl (C=O) groups is 1. The number of aryl methyl sites for hydroxylation is 1. The van der Waals surface area contributed by atoms with Crippen LogP contribution < -0.4 is 9.73 Å². The summed E-state index contributed by atoms with van der Waals surface area (Å²) in [6.45, 7) is 7.15. The summed E-state index contributed by atoms with van der Waals surface area (Å²) in [5.74, 6) is -0.527. The van der Waals surface area contributed by atoms with Gasteiger partial charge in [0.2, 0.25) is 0 Å². The minimum atomic E-state index is -4.00. The van der Waals surface area contributed by atoms with Gasteiger partial charge in [-0.25, -0.2) is 13.8 Å². The number of sulfonamides is 1. The van der Waals surface area contributed by atoms with Crippen molar-refractivity contribution in [1.29, 1.82) is 0 Å². The van der Waals surface area contributed by atoms with Crippen LogP contribution in [0.2, 0.25) is 5.02 Å². The number of aliphatic hydroxyl groups excluding tert-OH is 1. The molecule has 214 valence electrons. The third kappa shape index (κ3) is 9.01. The molecule has 0 aliphatic heterocycles. The molecular formula is C32H34ClN3O4S. The van der Waals surface area contributed by atoms with Crippen molar-refractivity contribution in [1.82, 2.24) is 5.43 Å². The fraction of sp³-hybridized carbons (Fsp3) is 0.188. The van der Waals surface area contributed by atoms with Crippen molar-refractivity contribution in [3.63, 3.8) is 0 Å². The molecule has 41 heavy (non-hydrogen) atoms. The average molecular weight is 592 g/mol. The Kier molecular flexibility index (Phi) is 11.2. The molecule has 0 aliphatic rings. The first-order valence-electron chi connectivity index (χ1n) is 13.0. The first kappa shape index (κ1) is 31.5. The molecule has 1 amide bonds. The first-order chi connectivity index (χ1) is 19.5. The number of rotatable bonds is 8. The van der Waals surface area contributed by atoms with Crippen LogP contribution in [-0.2, 0) is 16.6 Å². The molecule has 0 aliphatic carbocycles. The minimum absolute atomic E-state index is 0.0500. The third-order valence-electron chi connectivity index (χ3n) is 5.78. The molecule has 9 heteroatoms. The number of halogens is 1. The number of benzene rings is 4. The van der Waals surface area contributed by atoms with Gasteiger partial charge < -0.3 is 5.11 Å². The van der Waals surface area contributed by atoms with E-state index in [1.165, 1.54) is 4.31 Å². The zero-order valence-electron chi connectivity index (χ0n) is 23.5. The average Bonchev–Trinajstić information content (AvgIpc) is 2.95. The number of aliphatic hydroxyl groups is 1. The van der Waals surface area contributed by atoms with Crippen molar-refractivity contribution in [2.75, 3.05) is 4.31 Å². The van der Waals surface area contributed by atoms with Crippen LogP contribution in [-0.4, -0.2) is 31.2 Å². The molecule has 0 heterocycles. The van der Waals surface area contributed by atoms with E-state index in [9.17, 15) is 13.2 Å². The van der Waals surface area contributed by atoms with Crippen molar-refractivity contribution in [2.45, 2.75) is 45.2 Å². The SMILES string of the molecule is C/C(=N\NC(=O)c1ccccc1N(Cc1ccccc1)S(=O)(=O)c1ccc(C)cc1)c1ccc(Cl)cc1.CC(C)O. The number of anilines is 1. The van der Waals surface area contributed by atoms with Crippen LogP contribution in [0.3, 0.4) is 0 Å². The first-order valence-corrected chi connectivity index (χ1v) is 14.8. The predicted octanol–water partition coefficient (Wildman–Crippen LogP) is 6.59. The van der Waals surface area contributed by atoms with Crippen LogP contribution in [0, 0.1) is 6.92 Å². The van der Waals surface area contributed by atoms with E-state index in [-0.39, 0.29) is 28.8 Å². The van der Waals surface area contributed by atoms with E-state index in [0.29, 0.717) is 10.7 Å². The lowest BCUT2D eigenvalue weighted by atomic mass is 10.1. The second-order valence-electron chi connectivity index (χ2n) is 9.57. The van der Waals surface area contributed by atoms with E-state index in [4.69, 9.17) is 16.7 Å². The van der Waals surface area contributed by atoms with Crippen LogP contribution in [0.25, 0.3) is 0 Å². The van der Waals surface area contributed by atoms with E-state index < -0.39 is 15.9 Å². The van der Waals surface area contributed by atoms with E-state index in [1.807, 2.05) is 37.3 Å². The number of carbonyl (C=O) groups excluding carboxylic acids is 1. The summed E-state index contributed by atoms with van der Waals surface area (Å²) in [7, 11) is -4.00. The molecule has 4 rings (SSSR count). The molecule has 0 atom stereocenters. The van der Waals surface area contributed by atoms with E-state index in [1.54, 1.807) is 93.6 Å². The van der Waals surface area contributed by atoms with Crippen LogP contribution in [0.4, 0.5) is 5.69 Å². The molecule has 7 nitrogen and oxygen atoms in total. The Morgan fingerprint density at radius 1 is 0.902 bits per heavy atom. The molecule has 0 spiro atoms. The number of hydrogen-bond donors (Lipinski definition) is 2. The van der Waals surface area contributed by atoms with Crippen LogP contribution in [0.15, 0.2) is 113 Å². The highest BCUT2D eigenvalue weighted by Crippen LogP contribution is 2.29. The largest absolute Gasteiger partial charge is 0.394 e. The molecular weight excluding hydrogens is 558 g/mol. The highest BCUT2D eigenvalue weighted by atomic mass is 35.5. The summed E-state index contributed by atoms with van der Waals surface area (Å²) in [4.78, 5) is 13.4. The summed E-state index contributed by atoms with van der Waals surface area (Å²) in [5.41, 5.74) is 6.11. The van der Waals surface area contributed by atoms with Gasteiger partial charge in [-0.05, 0) is 75.2 Å². The summed E-state index contributed by atoms with van der Waals surface area (Å²) in [6, 6.07) is 29.6. The van der Waals surface area contributed by atoms with Gasteiger partial charge in [-0.1, -0.05) is 83.9 Å². The zero-order valence-corrected chi connectivity index (χ0v) is 25.0. The lowest BCUT2D eigenvalue weighted by molar-refractivity contribution is 0.0955. The van der Waals surface area contributed by atoms with Gasteiger partial charge in [-0.2, -0.15) is 5.10 Å². The van der Waals surface area contributed by atoms with Crippen molar-refractivity contribution in [3.8, 4) is 0 Å². The van der Waals surface area contributed by atoms with Gasteiger partial charge in [0.05, 0.1) is 28.4 Å². The molecule has 0 saturated heterocycles. The zero-order chi connectivity index (χ0) is 30.0. The van der Waals surface area contributed by atoms with Crippen molar-refractivity contribution >= 4 is 38.9 Å². The summed E-state index contributed by atoms with van der Waals surface area (Å²) in [5, 5.41) is 12.9. The normalized spacial score (nSPS) is 11.4. The van der Waals surface area contributed by atoms with Crippen LogP contribution >= 0.6 is 11.6 Å². The number of para-hydroxylation sites is 1. The van der Waals surface area contributed by atoms with Gasteiger partial charge in [0.15, 0.2) is 0 Å². The van der Waals surface area contributed by atoms with Crippen molar-refractivity contribution in [2.24, 2.45) is 5.10 Å². The van der Waals surface area contributed by atoms with Gasteiger partial charge in [0.1, 0.15) is 0 Å². The van der Waals surface area contributed by atoms with Crippen molar-refractivity contribution in [3.05, 3.63) is 130 Å². The van der Waals surface area contributed by atoms with E-state index >= 15 is 0 Å². The number of hydrazone groups is 1. The number of hydrogen-bond acceptors (Lipinski definition) is 5. The molecule has 0 fully saturated rings. The lowest BCUT2D eigenvalue weighted by Gasteiger charge is -2.26. The lowest BCUT2D eigenvalue weighted by Crippen LogP contribution is -2.33. The van der Waals surface area contributed by atoms with Crippen LogP contribution in [0.5, 0.6) is 0 Å². The fourth-order valence-corrected chi connectivity index (χ4v) is 5.32. The Labute approximate surface area is 247 Å². The molecule has 4 aromatic carbocycles. The number of nitrogens with zero attached hydrogens (tertiary/aromatic N) is 2. The molecule has 0 unspecified atom stereocenters. The van der Waals surface area contributed by atoms with Gasteiger partial charge in [0.25, 0.3) is 15.9 Å². The third-order valence-corrected chi connectivity index (χ3v) is 7.81. The maximum Gasteiger partial charge on any atom is 0.273 e. The maximum atomic E-state index is 13.9. The van der Waals surface area contributed by atoms with Crippen LogP contribution in [0.1, 0.15) is 47.8 Å². The molecule has 0 saturated carbocycles. The second kappa shape index (κ2) is 14.6. The summed E-state index contributed by atoms with van der Waals surface area (Å²) in [6.07, 6.45) is -0.167. The van der Waals surface area contributed by atoms with Gasteiger partial charge in [-0.15, -0.1) is 0 Å². The number of nitrogens with one attached hydrogen (secondary N) is 1. The van der Waals surface area contributed by atoms with Gasteiger partial charge >= 0.3 is 0 Å². The Bertz CT molecular complexity index is 1570. The topological polar surface area (TPSA) is 99.1 Å². The van der Waals surface area contributed by atoms with Crippen molar-refractivity contribution < 1.29 is 18.3 Å². The monoisotopic (exact) mass is 591 g/mol. The van der Waals surface area contributed by atoms with Gasteiger partial charge in [0, 0.05) is 11.1 Å². The molecule has 4 aromatic rings. The standard InChI is InChI=1S/C29H26ClN3O3S.C3H8O/c1-21-12-18-26(19-13-21)37(35,36)33(20-23-8-4-3-5-9-23)28-11-7-6-10-27(28)29(34)32-31-22(2)24-14-16-25(30)17-15-24;1-3(2)4/h3-19H,20H2,1-2H3,(H,32,34);3-4H,1-2H3/b31-22+;. The van der Waals surface area contributed by atoms with E-state index in [2.05, 4.69) is 10.5 Å². The molecule has 0 radical (unpaired) electrons. The highest BCUT2D eigenvalue weighted by Gasteiger charge is 2.28. The maximum absolute atomic E-state index is 13.9. The molecule has 2 N–H and O–H groups in total. The highest BCUT2D eigenvalue weighted by molar-refractivity contribution is 7.92. The second-order valence-corrected chi connectivity index (χ2v) is 11.9.